The lowest BCUT2D eigenvalue weighted by atomic mass is 9.91. The van der Waals surface area contributed by atoms with Gasteiger partial charge < -0.3 is 14.3 Å². The van der Waals surface area contributed by atoms with Gasteiger partial charge in [-0.15, -0.1) is 0 Å². The van der Waals surface area contributed by atoms with E-state index in [4.69, 9.17) is 9.47 Å². The molecule has 0 bridgehead atoms. The number of aldehydes is 1. The number of carbonyl (C=O) groups excluding carboxylic acids is 1. The first kappa shape index (κ1) is 21.1. The van der Waals surface area contributed by atoms with Gasteiger partial charge in [-0.2, -0.15) is 0 Å². The number of hydrogen-bond acceptors (Lipinski definition) is 3. The van der Waals surface area contributed by atoms with E-state index in [-0.39, 0.29) is 11.7 Å². The quantitative estimate of drug-likeness (QED) is 0.371. The van der Waals surface area contributed by atoms with Crippen molar-refractivity contribution in [3.63, 3.8) is 0 Å². The van der Waals surface area contributed by atoms with Crippen molar-refractivity contribution in [3.05, 3.63) is 23.3 Å². The molecule has 1 heterocycles. The van der Waals surface area contributed by atoms with Crippen LogP contribution in [0.15, 0.2) is 23.3 Å². The fraction of sp³-hybridized carbons (Fsp3) is 0.762. The third-order valence-electron chi connectivity index (χ3n) is 4.92. The first-order chi connectivity index (χ1) is 11.4. The molecule has 1 atom stereocenters. The van der Waals surface area contributed by atoms with Crippen molar-refractivity contribution in [2.24, 2.45) is 11.8 Å². The highest BCUT2D eigenvalue weighted by atomic mass is 16.7. The average Bonchev–Trinajstić information content (AvgIpc) is 2.94. The summed E-state index contributed by atoms with van der Waals surface area (Å²) in [5.74, 6) is 0.255. The highest BCUT2D eigenvalue weighted by molar-refractivity contribution is 5.53. The molecule has 0 radical (unpaired) electrons. The Hall–Kier alpha value is -0.930. The summed E-state index contributed by atoms with van der Waals surface area (Å²) in [6, 6.07) is 0. The number of ether oxygens (including phenoxy) is 2. The molecule has 0 aromatic rings. The van der Waals surface area contributed by atoms with Gasteiger partial charge in [0, 0.05) is 12.3 Å². The highest BCUT2D eigenvalue weighted by Gasteiger charge is 2.29. The molecule has 138 valence electrons. The maximum atomic E-state index is 11.0. The summed E-state index contributed by atoms with van der Waals surface area (Å²) in [4.78, 5) is 11.0. The standard InChI is InChI=1S/C21H36O3/c1-17(2)20(16-22)12-11-19(4)9-6-8-18(3)10-7-13-21(5)23-14-15-24-21/h9-10,16-17,20H,6-8,11-15H2,1-5H3/b18-10+,19-9+. The molecule has 1 rings (SSSR count). The summed E-state index contributed by atoms with van der Waals surface area (Å²) >= 11 is 0. The number of allylic oxidation sites excluding steroid dienone is 4. The van der Waals surface area contributed by atoms with Gasteiger partial charge in [0.1, 0.15) is 6.29 Å². The van der Waals surface area contributed by atoms with Gasteiger partial charge in [0.2, 0.25) is 0 Å². The van der Waals surface area contributed by atoms with Gasteiger partial charge >= 0.3 is 0 Å². The predicted octanol–water partition coefficient (Wildman–Crippen LogP) is 5.45. The lowest BCUT2D eigenvalue weighted by Gasteiger charge is -2.21. The SMILES string of the molecule is C/C(=C\CCC1(C)OCCO1)CC/C=C(\C)CCC(C=O)C(C)C. The molecule has 0 aromatic carbocycles. The second-order valence-electron chi connectivity index (χ2n) is 7.59. The molecule has 0 amide bonds. The molecule has 0 aromatic heterocycles. The van der Waals surface area contributed by atoms with Crippen LogP contribution in [0.1, 0.15) is 73.1 Å². The van der Waals surface area contributed by atoms with Gasteiger partial charge in [-0.3, -0.25) is 0 Å². The van der Waals surface area contributed by atoms with Crippen LogP contribution in [-0.2, 0) is 14.3 Å². The first-order valence-electron chi connectivity index (χ1n) is 9.41. The molecular weight excluding hydrogens is 300 g/mol. The highest BCUT2D eigenvalue weighted by Crippen LogP contribution is 2.25. The molecule has 3 nitrogen and oxygen atoms in total. The van der Waals surface area contributed by atoms with Crippen LogP contribution in [0.4, 0.5) is 0 Å². The Morgan fingerprint density at radius 2 is 1.62 bits per heavy atom. The minimum absolute atomic E-state index is 0.191. The van der Waals surface area contributed by atoms with Crippen molar-refractivity contribution < 1.29 is 14.3 Å². The van der Waals surface area contributed by atoms with Crippen LogP contribution in [0.3, 0.4) is 0 Å². The molecule has 1 aliphatic rings. The summed E-state index contributed by atoms with van der Waals surface area (Å²) in [6.45, 7) is 12.1. The lowest BCUT2D eigenvalue weighted by Crippen LogP contribution is -2.24. The van der Waals surface area contributed by atoms with Gasteiger partial charge in [0.05, 0.1) is 13.2 Å². The molecule has 24 heavy (non-hydrogen) atoms. The number of hydrogen-bond donors (Lipinski definition) is 0. The van der Waals surface area contributed by atoms with Crippen LogP contribution in [-0.4, -0.2) is 25.3 Å². The molecule has 1 saturated heterocycles. The first-order valence-corrected chi connectivity index (χ1v) is 9.41. The van der Waals surface area contributed by atoms with Crippen molar-refractivity contribution in [2.75, 3.05) is 13.2 Å². The molecular formula is C21H36O3. The van der Waals surface area contributed by atoms with E-state index < -0.39 is 0 Å². The summed E-state index contributed by atoms with van der Waals surface area (Å²) < 4.78 is 11.2. The zero-order valence-electron chi connectivity index (χ0n) is 16.3. The van der Waals surface area contributed by atoms with Crippen molar-refractivity contribution in [3.8, 4) is 0 Å². The summed E-state index contributed by atoms with van der Waals surface area (Å²) in [6.07, 6.45) is 11.8. The Kier molecular flexibility index (Phi) is 9.53. The number of carbonyl (C=O) groups is 1. The van der Waals surface area contributed by atoms with E-state index in [1.165, 1.54) is 11.1 Å². The predicted molar refractivity (Wildman–Crippen MR) is 99.9 cm³/mol. The van der Waals surface area contributed by atoms with Gasteiger partial charge in [0.25, 0.3) is 0 Å². The zero-order valence-corrected chi connectivity index (χ0v) is 16.3. The zero-order chi connectivity index (χ0) is 18.0. The maximum absolute atomic E-state index is 11.0. The maximum Gasteiger partial charge on any atom is 0.166 e. The molecule has 1 fully saturated rings. The van der Waals surface area contributed by atoms with Crippen LogP contribution in [0, 0.1) is 11.8 Å². The van der Waals surface area contributed by atoms with E-state index in [9.17, 15) is 4.79 Å². The van der Waals surface area contributed by atoms with Crippen molar-refractivity contribution in [1.82, 2.24) is 0 Å². The minimum atomic E-state index is -0.376. The van der Waals surface area contributed by atoms with E-state index in [1.54, 1.807) is 0 Å². The molecule has 3 heteroatoms. The molecule has 1 unspecified atom stereocenters. The Morgan fingerprint density at radius 3 is 2.21 bits per heavy atom. The van der Waals surface area contributed by atoms with Gasteiger partial charge in [-0.1, -0.05) is 37.1 Å². The normalized spacial score (nSPS) is 19.8. The second kappa shape index (κ2) is 10.8. The third-order valence-corrected chi connectivity index (χ3v) is 4.92. The number of rotatable bonds is 11. The molecule has 0 aliphatic carbocycles. The molecule has 0 saturated carbocycles. The van der Waals surface area contributed by atoms with E-state index >= 15 is 0 Å². The Morgan fingerprint density at radius 1 is 1.04 bits per heavy atom. The summed E-state index contributed by atoms with van der Waals surface area (Å²) in [5.41, 5.74) is 2.82. The Bertz CT molecular complexity index is 428. The van der Waals surface area contributed by atoms with E-state index in [0.717, 1.165) is 44.8 Å². The van der Waals surface area contributed by atoms with Crippen LogP contribution in [0.2, 0.25) is 0 Å². The smallest absolute Gasteiger partial charge is 0.166 e. The Labute approximate surface area is 148 Å². The monoisotopic (exact) mass is 336 g/mol. The average molecular weight is 337 g/mol. The van der Waals surface area contributed by atoms with Crippen LogP contribution < -0.4 is 0 Å². The van der Waals surface area contributed by atoms with E-state index in [0.29, 0.717) is 19.1 Å². The fourth-order valence-electron chi connectivity index (χ4n) is 2.99. The van der Waals surface area contributed by atoms with Crippen LogP contribution >= 0.6 is 0 Å². The van der Waals surface area contributed by atoms with Gasteiger partial charge in [-0.25, -0.2) is 0 Å². The molecule has 0 N–H and O–H groups in total. The topological polar surface area (TPSA) is 35.5 Å². The van der Waals surface area contributed by atoms with E-state index in [2.05, 4.69) is 39.8 Å². The molecule has 1 aliphatic heterocycles. The lowest BCUT2D eigenvalue weighted by molar-refractivity contribution is -0.145. The largest absolute Gasteiger partial charge is 0.348 e. The fourth-order valence-corrected chi connectivity index (χ4v) is 2.99. The van der Waals surface area contributed by atoms with Crippen LogP contribution in [0.25, 0.3) is 0 Å². The van der Waals surface area contributed by atoms with Gasteiger partial charge in [0.15, 0.2) is 5.79 Å². The molecule has 0 spiro atoms. The van der Waals surface area contributed by atoms with Gasteiger partial charge in [-0.05, 0) is 58.8 Å². The second-order valence-corrected chi connectivity index (χ2v) is 7.59. The summed E-state index contributed by atoms with van der Waals surface area (Å²) in [5, 5.41) is 0. The Balaban J connectivity index is 2.23. The van der Waals surface area contributed by atoms with Crippen molar-refractivity contribution in [2.45, 2.75) is 78.9 Å². The third kappa shape index (κ3) is 8.25. The van der Waals surface area contributed by atoms with Crippen molar-refractivity contribution in [1.29, 1.82) is 0 Å². The van der Waals surface area contributed by atoms with Crippen molar-refractivity contribution >= 4 is 6.29 Å². The van der Waals surface area contributed by atoms with E-state index in [1.807, 2.05) is 6.92 Å². The van der Waals surface area contributed by atoms with Crippen LogP contribution in [0.5, 0.6) is 0 Å². The minimum Gasteiger partial charge on any atom is -0.348 e. The summed E-state index contributed by atoms with van der Waals surface area (Å²) in [7, 11) is 0.